The molecule has 7 nitrogen and oxygen atoms in total. The van der Waals surface area contributed by atoms with Crippen LogP contribution in [-0.2, 0) is 26.1 Å². The van der Waals surface area contributed by atoms with E-state index in [-0.39, 0.29) is 31.2 Å². The van der Waals surface area contributed by atoms with Gasteiger partial charge in [-0.3, -0.25) is 9.78 Å². The number of aromatic nitrogens is 1. The predicted octanol–water partition coefficient (Wildman–Crippen LogP) is 0.231. The van der Waals surface area contributed by atoms with E-state index in [1.54, 1.807) is 31.1 Å². The van der Waals surface area contributed by atoms with E-state index in [0.717, 1.165) is 5.56 Å². The van der Waals surface area contributed by atoms with Gasteiger partial charge in [-0.25, -0.2) is 8.42 Å². The average Bonchev–Trinajstić information content (AvgIpc) is 2.96. The van der Waals surface area contributed by atoms with Gasteiger partial charge in [0.25, 0.3) is 0 Å². The Morgan fingerprint density at radius 1 is 1.39 bits per heavy atom. The molecule has 1 amide bonds. The Balaban J connectivity index is 1.80. The van der Waals surface area contributed by atoms with Crippen LogP contribution in [0, 0.1) is 0 Å². The lowest BCUT2D eigenvalue weighted by molar-refractivity contribution is -0.153. The van der Waals surface area contributed by atoms with Gasteiger partial charge >= 0.3 is 0 Å². The van der Waals surface area contributed by atoms with E-state index in [1.807, 2.05) is 12.1 Å². The zero-order chi connectivity index (χ0) is 16.6. The average molecular weight is 339 g/mol. The lowest BCUT2D eigenvalue weighted by Gasteiger charge is -2.36. The molecule has 0 aromatic carbocycles. The molecule has 2 aliphatic rings. The Morgan fingerprint density at radius 2 is 2.17 bits per heavy atom. The Labute approximate surface area is 136 Å². The van der Waals surface area contributed by atoms with Crippen molar-refractivity contribution in [3.05, 3.63) is 30.1 Å². The van der Waals surface area contributed by atoms with Crippen LogP contribution in [0.5, 0.6) is 0 Å². The molecule has 8 heteroatoms. The first-order valence-electron chi connectivity index (χ1n) is 7.68. The smallest absolute Gasteiger partial charge is 0.249 e. The lowest BCUT2D eigenvalue weighted by atomic mass is 10.1. The molecule has 0 N–H and O–H groups in total. The van der Waals surface area contributed by atoms with Gasteiger partial charge < -0.3 is 9.64 Å². The molecule has 2 unspecified atom stereocenters. The molecule has 3 rings (SSSR count). The molecule has 3 heterocycles. The quantitative estimate of drug-likeness (QED) is 0.785. The fraction of sp³-hybridized carbons (Fsp3) is 0.600. The Morgan fingerprint density at radius 3 is 2.83 bits per heavy atom. The zero-order valence-electron chi connectivity index (χ0n) is 13.3. The minimum atomic E-state index is -3.35. The highest BCUT2D eigenvalue weighted by molar-refractivity contribution is 7.89. The first-order valence-corrected chi connectivity index (χ1v) is 9.19. The van der Waals surface area contributed by atoms with Crippen molar-refractivity contribution >= 4 is 15.9 Å². The summed E-state index contributed by atoms with van der Waals surface area (Å²) in [6, 6.07) is 3.48. The summed E-state index contributed by atoms with van der Waals surface area (Å²) in [5.74, 6) is -0.112. The van der Waals surface area contributed by atoms with Crippen molar-refractivity contribution in [3.8, 4) is 0 Å². The third-order valence-electron chi connectivity index (χ3n) is 4.38. The van der Waals surface area contributed by atoms with Crippen LogP contribution in [0.2, 0.25) is 0 Å². The van der Waals surface area contributed by atoms with Gasteiger partial charge in [0.1, 0.15) is 6.61 Å². The molecule has 2 atom stereocenters. The number of fused-ring (bicyclic) bond motifs is 1. The normalized spacial score (nSPS) is 25.9. The molecule has 2 fully saturated rings. The first kappa shape index (κ1) is 16.4. The van der Waals surface area contributed by atoms with Crippen LogP contribution in [0.4, 0.5) is 0 Å². The molecular weight excluding hydrogens is 318 g/mol. The minimum absolute atomic E-state index is 0.00298. The molecule has 0 aliphatic carbocycles. The molecular formula is C15H21N3O4S. The topological polar surface area (TPSA) is 79.8 Å². The summed E-state index contributed by atoms with van der Waals surface area (Å²) in [7, 11) is -3.35. The zero-order valence-corrected chi connectivity index (χ0v) is 14.1. The third-order valence-corrected chi connectivity index (χ3v) is 6.59. The van der Waals surface area contributed by atoms with Crippen molar-refractivity contribution < 1.29 is 17.9 Å². The van der Waals surface area contributed by atoms with Crippen molar-refractivity contribution in [3.63, 3.8) is 0 Å². The number of morpholine rings is 1. The summed E-state index contributed by atoms with van der Waals surface area (Å²) in [4.78, 5) is 18.0. The number of nitrogens with zero attached hydrogens (tertiary/aromatic N) is 3. The highest BCUT2D eigenvalue weighted by Crippen LogP contribution is 2.28. The second kappa shape index (κ2) is 6.18. The highest BCUT2D eigenvalue weighted by Gasteiger charge is 2.47. The third kappa shape index (κ3) is 3.11. The predicted molar refractivity (Wildman–Crippen MR) is 83.9 cm³/mol. The number of carbonyl (C=O) groups is 1. The number of amides is 1. The van der Waals surface area contributed by atoms with Crippen molar-refractivity contribution in [2.75, 3.05) is 19.7 Å². The summed E-state index contributed by atoms with van der Waals surface area (Å²) in [5, 5.41) is -0.481. The van der Waals surface area contributed by atoms with Gasteiger partial charge in [-0.15, -0.1) is 0 Å². The van der Waals surface area contributed by atoms with Crippen LogP contribution in [0.15, 0.2) is 24.5 Å². The van der Waals surface area contributed by atoms with Crippen LogP contribution >= 0.6 is 0 Å². The van der Waals surface area contributed by atoms with Gasteiger partial charge in [-0.2, -0.15) is 4.31 Å². The van der Waals surface area contributed by atoms with Crippen molar-refractivity contribution in [1.82, 2.24) is 14.2 Å². The van der Waals surface area contributed by atoms with Crippen molar-refractivity contribution in [2.24, 2.45) is 0 Å². The Bertz CT molecular complexity index is 677. The number of carbonyl (C=O) groups excluding carboxylic acids is 1. The molecule has 23 heavy (non-hydrogen) atoms. The molecule has 0 bridgehead atoms. The molecule has 1 aromatic heterocycles. The maximum atomic E-state index is 12.4. The second-order valence-corrected chi connectivity index (χ2v) is 8.70. The van der Waals surface area contributed by atoms with E-state index in [9.17, 15) is 13.2 Å². The van der Waals surface area contributed by atoms with E-state index in [1.165, 1.54) is 4.31 Å². The fourth-order valence-electron chi connectivity index (χ4n) is 3.03. The van der Waals surface area contributed by atoms with Crippen LogP contribution in [-0.4, -0.2) is 65.6 Å². The Hall–Kier alpha value is -1.51. The second-order valence-electron chi connectivity index (χ2n) is 6.21. The minimum Gasteiger partial charge on any atom is -0.365 e. The molecule has 126 valence electrons. The summed E-state index contributed by atoms with van der Waals surface area (Å²) in [5.41, 5.74) is 0.923. The summed E-state index contributed by atoms with van der Waals surface area (Å²) in [6.45, 7) is 4.34. The molecule has 2 aliphatic heterocycles. The van der Waals surface area contributed by atoms with Crippen molar-refractivity contribution in [2.45, 2.75) is 37.8 Å². The number of ether oxygens (including phenoxy) is 1. The molecule has 0 radical (unpaired) electrons. The van der Waals surface area contributed by atoms with Gasteiger partial charge in [-0.05, 0) is 25.5 Å². The standard InChI is InChI=1S/C15H21N3O4S/c1-11(2)23(20,21)17-8-13-14(9-17)22-10-15(19)18(13)7-12-4-3-5-16-6-12/h3-6,11,13-14H,7-10H2,1-2H3. The highest BCUT2D eigenvalue weighted by atomic mass is 32.2. The monoisotopic (exact) mass is 339 g/mol. The Kier molecular flexibility index (Phi) is 4.39. The van der Waals surface area contributed by atoms with Gasteiger partial charge in [0.2, 0.25) is 15.9 Å². The summed E-state index contributed by atoms with van der Waals surface area (Å²) >= 11 is 0. The number of rotatable bonds is 4. The van der Waals surface area contributed by atoms with Crippen LogP contribution in [0.3, 0.4) is 0 Å². The van der Waals surface area contributed by atoms with E-state index < -0.39 is 15.3 Å². The van der Waals surface area contributed by atoms with Gasteiger partial charge in [-0.1, -0.05) is 6.07 Å². The first-order chi connectivity index (χ1) is 10.9. The summed E-state index contributed by atoms with van der Waals surface area (Å²) in [6.07, 6.45) is 3.13. The van der Waals surface area contributed by atoms with E-state index >= 15 is 0 Å². The van der Waals surface area contributed by atoms with E-state index in [4.69, 9.17) is 4.74 Å². The number of hydrogen-bond donors (Lipinski definition) is 0. The lowest BCUT2D eigenvalue weighted by Crippen LogP contribution is -2.53. The van der Waals surface area contributed by atoms with Gasteiger partial charge in [0, 0.05) is 32.0 Å². The SMILES string of the molecule is CC(C)S(=O)(=O)N1CC2OCC(=O)N(Cc3cccnc3)C2C1. The number of sulfonamides is 1. The number of pyridine rings is 1. The van der Waals surface area contributed by atoms with Crippen LogP contribution in [0.1, 0.15) is 19.4 Å². The maximum Gasteiger partial charge on any atom is 0.249 e. The molecule has 2 saturated heterocycles. The van der Waals surface area contributed by atoms with E-state index in [2.05, 4.69) is 4.98 Å². The van der Waals surface area contributed by atoms with E-state index in [0.29, 0.717) is 13.1 Å². The van der Waals surface area contributed by atoms with Crippen LogP contribution in [0.25, 0.3) is 0 Å². The van der Waals surface area contributed by atoms with Crippen LogP contribution < -0.4 is 0 Å². The van der Waals surface area contributed by atoms with Crippen molar-refractivity contribution in [1.29, 1.82) is 0 Å². The maximum absolute atomic E-state index is 12.4. The largest absolute Gasteiger partial charge is 0.365 e. The number of hydrogen-bond acceptors (Lipinski definition) is 5. The summed E-state index contributed by atoms with van der Waals surface area (Å²) < 4.78 is 31.8. The molecule has 1 aromatic rings. The fourth-order valence-corrected chi connectivity index (χ4v) is 4.34. The van der Waals surface area contributed by atoms with Gasteiger partial charge in [0.15, 0.2) is 0 Å². The molecule has 0 saturated carbocycles. The van der Waals surface area contributed by atoms with Gasteiger partial charge in [0.05, 0.1) is 17.4 Å². The molecule has 0 spiro atoms.